The van der Waals surface area contributed by atoms with E-state index < -0.39 is 29.7 Å². The van der Waals surface area contributed by atoms with Gasteiger partial charge in [-0.3, -0.25) is 9.59 Å². The Bertz CT molecular complexity index is 339. The number of ketones is 1. The predicted molar refractivity (Wildman–Crippen MR) is 72.2 cm³/mol. The Morgan fingerprint density at radius 1 is 1.05 bits per heavy atom. The van der Waals surface area contributed by atoms with E-state index in [1.54, 1.807) is 0 Å². The largest absolute Gasteiger partial charge is 0.481 e. The fourth-order valence-corrected chi connectivity index (χ4v) is 1.73. The highest BCUT2D eigenvalue weighted by Gasteiger charge is 2.44. The molecule has 1 atom stereocenters. The van der Waals surface area contributed by atoms with Crippen LogP contribution in [0.15, 0.2) is 0 Å². The molecule has 1 unspecified atom stereocenters. The maximum Gasteiger partial charge on any atom is 0.346 e. The molecule has 0 aliphatic carbocycles. The number of rotatable bonds is 11. The van der Waals surface area contributed by atoms with Crippen LogP contribution in [0.25, 0.3) is 0 Å². The van der Waals surface area contributed by atoms with E-state index in [4.69, 9.17) is 9.84 Å². The number of Topliss-reactive ketones (excluding diaryl/α,β-unsaturated/α-hetero) is 1. The van der Waals surface area contributed by atoms with Crippen molar-refractivity contribution in [1.29, 1.82) is 0 Å². The van der Waals surface area contributed by atoms with E-state index in [0.29, 0.717) is 6.42 Å². The van der Waals surface area contributed by atoms with Gasteiger partial charge in [0.25, 0.3) is 0 Å². The zero-order valence-electron chi connectivity index (χ0n) is 12.2. The lowest BCUT2D eigenvalue weighted by Gasteiger charge is -2.21. The number of aliphatic carboxylic acids is 1. The third kappa shape index (κ3) is 6.65. The molecule has 0 bridgehead atoms. The summed E-state index contributed by atoms with van der Waals surface area (Å²) in [4.78, 5) is 33.4. The van der Waals surface area contributed by atoms with E-state index in [9.17, 15) is 19.5 Å². The number of carboxylic acids is 1. The van der Waals surface area contributed by atoms with Gasteiger partial charge in [0.15, 0.2) is 5.78 Å². The topological polar surface area (TPSA) is 101 Å². The van der Waals surface area contributed by atoms with Gasteiger partial charge in [-0.15, -0.1) is 0 Å². The lowest BCUT2D eigenvalue weighted by molar-refractivity contribution is -0.175. The summed E-state index contributed by atoms with van der Waals surface area (Å²) in [7, 11) is 0. The minimum atomic E-state index is -2.58. The molecule has 6 nitrogen and oxygen atoms in total. The second-order valence-electron chi connectivity index (χ2n) is 4.89. The number of unbranched alkanes of at least 4 members (excludes halogenated alkanes) is 5. The molecule has 6 heteroatoms. The van der Waals surface area contributed by atoms with Crippen molar-refractivity contribution in [3.8, 4) is 0 Å². The molecule has 0 spiro atoms. The smallest absolute Gasteiger partial charge is 0.346 e. The summed E-state index contributed by atoms with van der Waals surface area (Å²) in [6.45, 7) is 3.17. The first kappa shape index (κ1) is 18.6. The predicted octanol–water partition coefficient (Wildman–Crippen LogP) is 1.68. The van der Waals surface area contributed by atoms with Crippen LogP contribution in [0, 0.1) is 0 Å². The second kappa shape index (κ2) is 9.47. The molecule has 0 aliphatic heterocycles. The van der Waals surface area contributed by atoms with Crippen molar-refractivity contribution in [2.45, 2.75) is 64.4 Å². The van der Waals surface area contributed by atoms with Crippen LogP contribution in [0.2, 0.25) is 0 Å². The quantitative estimate of drug-likeness (QED) is 0.341. The normalized spacial score (nSPS) is 13.6. The van der Waals surface area contributed by atoms with Gasteiger partial charge in [0, 0.05) is 0 Å². The highest BCUT2D eigenvalue weighted by atomic mass is 16.6. The third-order valence-corrected chi connectivity index (χ3v) is 3.06. The second-order valence-corrected chi connectivity index (χ2v) is 4.89. The highest BCUT2D eigenvalue weighted by Crippen LogP contribution is 2.15. The summed E-state index contributed by atoms with van der Waals surface area (Å²) in [5.74, 6) is -3.53. The van der Waals surface area contributed by atoms with E-state index >= 15 is 0 Å². The molecule has 0 heterocycles. The molecule has 2 N–H and O–H groups in total. The summed E-state index contributed by atoms with van der Waals surface area (Å²) in [6, 6.07) is 0. The molecular formula is C14H24O6. The molecule has 0 radical (unpaired) electrons. The Morgan fingerprint density at radius 3 is 2.10 bits per heavy atom. The monoisotopic (exact) mass is 288 g/mol. The Kier molecular flexibility index (Phi) is 8.79. The highest BCUT2D eigenvalue weighted by molar-refractivity contribution is 6.08. The summed E-state index contributed by atoms with van der Waals surface area (Å²) in [5.41, 5.74) is -2.58. The summed E-state index contributed by atoms with van der Waals surface area (Å²) >= 11 is 0. The van der Waals surface area contributed by atoms with Gasteiger partial charge < -0.3 is 14.9 Å². The SMILES string of the molecule is CCCCCCCCOC(=O)C(O)(CC(=O)O)C(C)=O. The summed E-state index contributed by atoms with van der Waals surface area (Å²) < 4.78 is 4.80. The number of carboxylic acid groups (broad SMARTS) is 1. The van der Waals surface area contributed by atoms with Gasteiger partial charge in [0.1, 0.15) is 0 Å². The van der Waals surface area contributed by atoms with Crippen molar-refractivity contribution < 1.29 is 29.3 Å². The fourth-order valence-electron chi connectivity index (χ4n) is 1.73. The number of esters is 1. The number of hydrogen-bond donors (Lipinski definition) is 2. The average Bonchev–Trinajstić information content (AvgIpc) is 2.36. The van der Waals surface area contributed by atoms with Crippen LogP contribution in [-0.2, 0) is 19.1 Å². The first-order valence-electron chi connectivity index (χ1n) is 6.97. The van der Waals surface area contributed by atoms with Gasteiger partial charge in [-0.2, -0.15) is 0 Å². The third-order valence-electron chi connectivity index (χ3n) is 3.06. The maximum atomic E-state index is 11.6. The Morgan fingerprint density at radius 2 is 1.60 bits per heavy atom. The van der Waals surface area contributed by atoms with Crippen molar-refractivity contribution in [2.24, 2.45) is 0 Å². The zero-order valence-corrected chi connectivity index (χ0v) is 12.2. The Balaban J connectivity index is 4.09. The molecule has 116 valence electrons. The van der Waals surface area contributed by atoms with E-state index in [0.717, 1.165) is 32.6 Å². The molecule has 0 fully saturated rings. The van der Waals surface area contributed by atoms with Crippen molar-refractivity contribution in [2.75, 3.05) is 6.61 Å². The van der Waals surface area contributed by atoms with Crippen LogP contribution in [0.4, 0.5) is 0 Å². The number of carbonyl (C=O) groups is 3. The standard InChI is InChI=1S/C14H24O6/c1-3-4-5-6-7-8-9-20-13(18)14(19,11(2)15)10-12(16)17/h19H,3-10H2,1-2H3,(H,16,17). The van der Waals surface area contributed by atoms with E-state index in [1.807, 2.05) is 0 Å². The van der Waals surface area contributed by atoms with Crippen LogP contribution in [-0.4, -0.2) is 40.1 Å². The molecule has 0 saturated carbocycles. The molecule has 0 aliphatic rings. The molecular weight excluding hydrogens is 264 g/mol. The number of ether oxygens (including phenoxy) is 1. The maximum absolute atomic E-state index is 11.6. The lowest BCUT2D eigenvalue weighted by Crippen LogP contribution is -2.48. The lowest BCUT2D eigenvalue weighted by atomic mass is 9.95. The minimum absolute atomic E-state index is 0.0835. The molecule has 0 saturated heterocycles. The fraction of sp³-hybridized carbons (Fsp3) is 0.786. The summed E-state index contributed by atoms with van der Waals surface area (Å²) in [5, 5.41) is 18.4. The van der Waals surface area contributed by atoms with Gasteiger partial charge in [0.2, 0.25) is 5.60 Å². The van der Waals surface area contributed by atoms with Crippen LogP contribution >= 0.6 is 0 Å². The van der Waals surface area contributed by atoms with Crippen LogP contribution in [0.3, 0.4) is 0 Å². The molecule has 0 rings (SSSR count). The van der Waals surface area contributed by atoms with E-state index in [-0.39, 0.29) is 6.61 Å². The summed E-state index contributed by atoms with van der Waals surface area (Å²) in [6.07, 6.45) is 5.04. The van der Waals surface area contributed by atoms with Gasteiger partial charge in [-0.25, -0.2) is 4.79 Å². The first-order valence-corrected chi connectivity index (χ1v) is 6.97. The first-order chi connectivity index (χ1) is 9.34. The molecule has 0 aromatic rings. The zero-order chi connectivity index (χ0) is 15.6. The van der Waals surface area contributed by atoms with Crippen LogP contribution in [0.1, 0.15) is 58.8 Å². The van der Waals surface area contributed by atoms with Crippen molar-refractivity contribution in [3.05, 3.63) is 0 Å². The Hall–Kier alpha value is -1.43. The van der Waals surface area contributed by atoms with Gasteiger partial charge in [0.05, 0.1) is 13.0 Å². The minimum Gasteiger partial charge on any atom is -0.481 e. The van der Waals surface area contributed by atoms with Crippen molar-refractivity contribution in [3.63, 3.8) is 0 Å². The van der Waals surface area contributed by atoms with E-state index in [1.165, 1.54) is 6.42 Å². The molecule has 20 heavy (non-hydrogen) atoms. The van der Waals surface area contributed by atoms with E-state index in [2.05, 4.69) is 6.92 Å². The molecule has 0 amide bonds. The number of hydrogen-bond acceptors (Lipinski definition) is 5. The number of aliphatic hydroxyl groups is 1. The van der Waals surface area contributed by atoms with Crippen molar-refractivity contribution >= 4 is 17.7 Å². The van der Waals surface area contributed by atoms with Crippen LogP contribution in [0.5, 0.6) is 0 Å². The van der Waals surface area contributed by atoms with Gasteiger partial charge >= 0.3 is 11.9 Å². The molecule has 0 aromatic heterocycles. The van der Waals surface area contributed by atoms with Crippen LogP contribution < -0.4 is 0 Å². The van der Waals surface area contributed by atoms with Gasteiger partial charge in [-0.05, 0) is 13.3 Å². The van der Waals surface area contributed by atoms with Gasteiger partial charge in [-0.1, -0.05) is 39.0 Å². The number of carbonyl (C=O) groups excluding carboxylic acids is 2. The van der Waals surface area contributed by atoms with Crippen molar-refractivity contribution in [1.82, 2.24) is 0 Å². The Labute approximate surface area is 119 Å². The molecule has 0 aromatic carbocycles. The average molecular weight is 288 g/mol.